The minimum absolute atomic E-state index is 0.0546. The molecule has 0 aliphatic rings. The van der Waals surface area contributed by atoms with Crippen LogP contribution in [0.2, 0.25) is 0 Å². The largest absolute Gasteiger partial charge is 0.493 e. The van der Waals surface area contributed by atoms with Crippen molar-refractivity contribution in [3.63, 3.8) is 0 Å². The standard InChI is InChI=1S/C24H27F3N4O/c1-4-5-17-6-8-18(9-7-17)29-22-21(24(25,26)27)14-28-23(31-22)30-19-10-12-20(13-11-19)32-15-16(2)3/h6-14,16H,4-5,15H2,1-3H3,(H2,28,29,30,31). The SMILES string of the molecule is CCCc1ccc(Nc2nc(Nc3ccc(OCC(C)C)cc3)ncc2C(F)(F)F)cc1. The number of ether oxygens (including phenoxy) is 1. The molecule has 8 heteroatoms. The molecule has 3 aromatic rings. The van der Waals surface area contributed by atoms with E-state index in [1.165, 1.54) is 0 Å². The maximum atomic E-state index is 13.5. The number of rotatable bonds is 9. The topological polar surface area (TPSA) is 59.1 Å². The molecule has 1 aromatic heterocycles. The molecule has 2 aromatic carbocycles. The van der Waals surface area contributed by atoms with Gasteiger partial charge in [0.2, 0.25) is 5.95 Å². The zero-order valence-corrected chi connectivity index (χ0v) is 18.3. The van der Waals surface area contributed by atoms with Crippen molar-refractivity contribution in [1.82, 2.24) is 9.97 Å². The quantitative estimate of drug-likeness (QED) is 0.373. The Bertz CT molecular complexity index is 1000. The molecule has 0 radical (unpaired) electrons. The molecule has 1 heterocycles. The van der Waals surface area contributed by atoms with E-state index < -0.39 is 11.7 Å². The Labute approximate surface area is 186 Å². The van der Waals surface area contributed by atoms with Gasteiger partial charge in [-0.1, -0.05) is 39.3 Å². The fourth-order valence-electron chi connectivity index (χ4n) is 2.95. The Kier molecular flexibility index (Phi) is 7.56. The summed E-state index contributed by atoms with van der Waals surface area (Å²) >= 11 is 0. The summed E-state index contributed by atoms with van der Waals surface area (Å²) in [5.74, 6) is 0.864. The van der Waals surface area contributed by atoms with Crippen LogP contribution in [-0.2, 0) is 12.6 Å². The highest BCUT2D eigenvalue weighted by molar-refractivity contribution is 5.63. The highest BCUT2D eigenvalue weighted by Gasteiger charge is 2.35. The summed E-state index contributed by atoms with van der Waals surface area (Å²) in [4.78, 5) is 7.94. The lowest BCUT2D eigenvalue weighted by atomic mass is 10.1. The summed E-state index contributed by atoms with van der Waals surface area (Å²) in [6.07, 6.45) is -1.89. The van der Waals surface area contributed by atoms with Gasteiger partial charge in [0.1, 0.15) is 17.1 Å². The first-order valence-corrected chi connectivity index (χ1v) is 10.5. The summed E-state index contributed by atoms with van der Waals surface area (Å²) in [7, 11) is 0. The van der Waals surface area contributed by atoms with E-state index in [0.717, 1.165) is 24.6 Å². The molecule has 0 spiro atoms. The Morgan fingerprint density at radius 1 is 0.938 bits per heavy atom. The summed E-state index contributed by atoms with van der Waals surface area (Å²) in [5.41, 5.74) is 1.35. The molecule has 32 heavy (non-hydrogen) atoms. The van der Waals surface area contributed by atoms with E-state index in [-0.39, 0.29) is 11.8 Å². The zero-order chi connectivity index (χ0) is 23.1. The van der Waals surface area contributed by atoms with Crippen LogP contribution < -0.4 is 15.4 Å². The lowest BCUT2D eigenvalue weighted by Gasteiger charge is -2.15. The summed E-state index contributed by atoms with van der Waals surface area (Å²) in [6.45, 7) is 6.79. The number of benzene rings is 2. The molecule has 0 atom stereocenters. The van der Waals surface area contributed by atoms with E-state index in [1.807, 2.05) is 12.1 Å². The van der Waals surface area contributed by atoms with Crippen LogP contribution in [0.5, 0.6) is 5.75 Å². The van der Waals surface area contributed by atoms with E-state index in [1.54, 1.807) is 36.4 Å². The van der Waals surface area contributed by atoms with Gasteiger partial charge in [-0.25, -0.2) is 4.98 Å². The van der Waals surface area contributed by atoms with Crippen molar-refractivity contribution >= 4 is 23.1 Å². The molecule has 0 unspecified atom stereocenters. The fraction of sp³-hybridized carbons (Fsp3) is 0.333. The van der Waals surface area contributed by atoms with Gasteiger partial charge in [-0.2, -0.15) is 18.2 Å². The molecule has 0 bridgehead atoms. The molecule has 0 fully saturated rings. The first kappa shape index (κ1) is 23.4. The van der Waals surface area contributed by atoms with E-state index >= 15 is 0 Å². The second kappa shape index (κ2) is 10.3. The second-order valence-electron chi connectivity index (χ2n) is 7.88. The Morgan fingerprint density at radius 2 is 1.56 bits per heavy atom. The Balaban J connectivity index is 1.79. The fourth-order valence-corrected chi connectivity index (χ4v) is 2.95. The smallest absolute Gasteiger partial charge is 0.421 e. The van der Waals surface area contributed by atoms with Crippen LogP contribution >= 0.6 is 0 Å². The van der Waals surface area contributed by atoms with Gasteiger partial charge >= 0.3 is 6.18 Å². The third-order valence-electron chi connectivity index (χ3n) is 4.54. The van der Waals surface area contributed by atoms with Crippen molar-refractivity contribution in [2.75, 3.05) is 17.2 Å². The van der Waals surface area contributed by atoms with E-state index in [0.29, 0.717) is 29.6 Å². The zero-order valence-electron chi connectivity index (χ0n) is 18.3. The summed E-state index contributed by atoms with van der Waals surface area (Å²) < 4.78 is 46.1. The van der Waals surface area contributed by atoms with Gasteiger partial charge in [0.25, 0.3) is 0 Å². The molecule has 0 aliphatic heterocycles. The van der Waals surface area contributed by atoms with Crippen LogP contribution in [0.1, 0.15) is 38.3 Å². The van der Waals surface area contributed by atoms with Gasteiger partial charge in [0.15, 0.2) is 0 Å². The third-order valence-corrected chi connectivity index (χ3v) is 4.54. The Morgan fingerprint density at radius 3 is 2.16 bits per heavy atom. The summed E-state index contributed by atoms with van der Waals surface area (Å²) in [6, 6.07) is 14.4. The van der Waals surface area contributed by atoms with Crippen molar-refractivity contribution < 1.29 is 17.9 Å². The van der Waals surface area contributed by atoms with Crippen LogP contribution in [0.15, 0.2) is 54.7 Å². The molecule has 0 aliphatic carbocycles. The highest BCUT2D eigenvalue weighted by atomic mass is 19.4. The first-order valence-electron chi connectivity index (χ1n) is 10.5. The average molecular weight is 445 g/mol. The summed E-state index contributed by atoms with van der Waals surface area (Å²) in [5, 5.41) is 5.72. The maximum Gasteiger partial charge on any atom is 0.421 e. The van der Waals surface area contributed by atoms with Gasteiger partial charge in [0, 0.05) is 17.6 Å². The minimum Gasteiger partial charge on any atom is -0.493 e. The number of hydrogen-bond donors (Lipinski definition) is 2. The predicted octanol–water partition coefficient (Wildman–Crippen LogP) is 6.97. The molecule has 5 nitrogen and oxygen atoms in total. The van der Waals surface area contributed by atoms with Crippen molar-refractivity contribution in [1.29, 1.82) is 0 Å². The monoisotopic (exact) mass is 444 g/mol. The average Bonchev–Trinajstić information content (AvgIpc) is 2.74. The molecule has 2 N–H and O–H groups in total. The van der Waals surface area contributed by atoms with Gasteiger partial charge in [-0.3, -0.25) is 0 Å². The molecule has 0 amide bonds. The second-order valence-corrected chi connectivity index (χ2v) is 7.88. The minimum atomic E-state index is -4.58. The lowest BCUT2D eigenvalue weighted by Crippen LogP contribution is -2.12. The number of aromatic nitrogens is 2. The number of anilines is 4. The molecule has 0 saturated carbocycles. The number of hydrogen-bond acceptors (Lipinski definition) is 5. The van der Waals surface area contributed by atoms with Crippen LogP contribution in [0.4, 0.5) is 36.3 Å². The van der Waals surface area contributed by atoms with Crippen LogP contribution in [-0.4, -0.2) is 16.6 Å². The number of halogens is 3. The molecule has 170 valence electrons. The first-order chi connectivity index (χ1) is 15.2. The van der Waals surface area contributed by atoms with Gasteiger partial charge < -0.3 is 15.4 Å². The van der Waals surface area contributed by atoms with E-state index in [9.17, 15) is 13.2 Å². The molecular weight excluding hydrogens is 417 g/mol. The highest BCUT2D eigenvalue weighted by Crippen LogP contribution is 2.35. The number of nitrogens with one attached hydrogen (secondary N) is 2. The van der Waals surface area contributed by atoms with E-state index in [2.05, 4.69) is 41.4 Å². The number of nitrogens with zero attached hydrogens (tertiary/aromatic N) is 2. The predicted molar refractivity (Wildman–Crippen MR) is 121 cm³/mol. The van der Waals surface area contributed by atoms with Crippen molar-refractivity contribution in [3.8, 4) is 5.75 Å². The number of alkyl halides is 3. The Hall–Kier alpha value is -3.29. The molecule has 3 rings (SSSR count). The molecular formula is C24H27F3N4O. The lowest BCUT2D eigenvalue weighted by molar-refractivity contribution is -0.137. The van der Waals surface area contributed by atoms with Crippen LogP contribution in [0, 0.1) is 5.92 Å². The van der Waals surface area contributed by atoms with Crippen molar-refractivity contribution in [2.24, 2.45) is 5.92 Å². The van der Waals surface area contributed by atoms with Crippen LogP contribution in [0.25, 0.3) is 0 Å². The maximum absolute atomic E-state index is 13.5. The van der Waals surface area contributed by atoms with Crippen LogP contribution in [0.3, 0.4) is 0 Å². The van der Waals surface area contributed by atoms with Gasteiger partial charge in [-0.15, -0.1) is 0 Å². The van der Waals surface area contributed by atoms with Gasteiger partial charge in [0.05, 0.1) is 6.61 Å². The number of aryl methyl sites for hydroxylation is 1. The van der Waals surface area contributed by atoms with Gasteiger partial charge in [-0.05, 0) is 54.3 Å². The normalized spacial score (nSPS) is 11.5. The van der Waals surface area contributed by atoms with E-state index in [4.69, 9.17) is 4.74 Å². The van der Waals surface area contributed by atoms with Crippen molar-refractivity contribution in [3.05, 3.63) is 65.9 Å². The van der Waals surface area contributed by atoms with Crippen molar-refractivity contribution in [2.45, 2.75) is 39.8 Å². The third kappa shape index (κ3) is 6.60. The molecule has 0 saturated heterocycles.